The summed E-state index contributed by atoms with van der Waals surface area (Å²) in [7, 11) is 0. The Morgan fingerprint density at radius 1 is 1.27 bits per heavy atom. The van der Waals surface area contributed by atoms with Gasteiger partial charge in [-0.2, -0.15) is 0 Å². The molecule has 2 nitrogen and oxygen atoms in total. The molecule has 0 aliphatic carbocycles. The molecule has 0 amide bonds. The average Bonchev–Trinajstić information content (AvgIpc) is 2.14. The van der Waals surface area contributed by atoms with Crippen LogP contribution in [0, 0.1) is 13.8 Å². The number of nitrogen functional groups attached to an aromatic ring is 1. The van der Waals surface area contributed by atoms with Crippen molar-refractivity contribution in [3.05, 3.63) is 23.3 Å². The highest BCUT2D eigenvalue weighted by atomic mass is 16.5. The van der Waals surface area contributed by atoms with E-state index in [2.05, 4.69) is 26.8 Å². The van der Waals surface area contributed by atoms with Gasteiger partial charge in [-0.1, -0.05) is 19.4 Å². The molecule has 0 bridgehead atoms. The normalized spacial score (nSPS) is 12.5. The van der Waals surface area contributed by atoms with Crippen molar-refractivity contribution in [2.45, 2.75) is 46.6 Å². The van der Waals surface area contributed by atoms with E-state index in [0.717, 1.165) is 35.4 Å². The van der Waals surface area contributed by atoms with Gasteiger partial charge < -0.3 is 10.5 Å². The molecular weight excluding hydrogens is 186 g/mol. The minimum absolute atomic E-state index is 0.260. The highest BCUT2D eigenvalue weighted by Crippen LogP contribution is 2.25. The number of nitrogens with two attached hydrogens (primary N) is 1. The number of ether oxygens (including phenoxy) is 1. The maximum atomic E-state index is 5.86. The van der Waals surface area contributed by atoms with E-state index in [1.807, 2.05) is 13.0 Å². The lowest BCUT2D eigenvalue weighted by Crippen LogP contribution is -2.12. The summed E-state index contributed by atoms with van der Waals surface area (Å²) in [5.74, 6) is 0.916. The molecule has 2 N–H and O–H groups in total. The summed E-state index contributed by atoms with van der Waals surface area (Å²) >= 11 is 0. The maximum absolute atomic E-state index is 5.86. The Morgan fingerprint density at radius 3 is 2.53 bits per heavy atom. The highest BCUT2D eigenvalue weighted by molar-refractivity contribution is 5.54. The fraction of sp³-hybridized carbons (Fsp3) is 0.538. The zero-order chi connectivity index (χ0) is 11.4. The number of hydrogen-bond donors (Lipinski definition) is 1. The topological polar surface area (TPSA) is 35.2 Å². The SMILES string of the molecule is CCCC(C)Oc1cc(N)c(C)cc1C. The molecule has 1 rings (SSSR count). The first-order valence-corrected chi connectivity index (χ1v) is 5.58. The lowest BCUT2D eigenvalue weighted by Gasteiger charge is -2.17. The van der Waals surface area contributed by atoms with E-state index < -0.39 is 0 Å². The van der Waals surface area contributed by atoms with E-state index in [4.69, 9.17) is 10.5 Å². The summed E-state index contributed by atoms with van der Waals surface area (Å²) in [6.07, 6.45) is 2.48. The molecule has 0 saturated heterocycles. The van der Waals surface area contributed by atoms with Crippen molar-refractivity contribution in [2.75, 3.05) is 5.73 Å². The maximum Gasteiger partial charge on any atom is 0.124 e. The molecule has 1 aromatic carbocycles. The summed E-state index contributed by atoms with van der Waals surface area (Å²) in [6.45, 7) is 8.33. The molecule has 0 fully saturated rings. The average molecular weight is 207 g/mol. The van der Waals surface area contributed by atoms with E-state index in [0.29, 0.717) is 0 Å². The van der Waals surface area contributed by atoms with E-state index >= 15 is 0 Å². The van der Waals surface area contributed by atoms with Crippen LogP contribution in [-0.2, 0) is 0 Å². The molecule has 1 aromatic rings. The largest absolute Gasteiger partial charge is 0.490 e. The van der Waals surface area contributed by atoms with Crippen molar-refractivity contribution in [3.63, 3.8) is 0 Å². The third kappa shape index (κ3) is 3.15. The van der Waals surface area contributed by atoms with E-state index in [1.54, 1.807) is 0 Å². The molecule has 0 aliphatic rings. The van der Waals surface area contributed by atoms with Crippen LogP contribution in [-0.4, -0.2) is 6.10 Å². The molecule has 0 saturated carbocycles. The van der Waals surface area contributed by atoms with Gasteiger partial charge in [0.2, 0.25) is 0 Å². The summed E-state index contributed by atoms with van der Waals surface area (Å²) in [5.41, 5.74) is 8.94. The van der Waals surface area contributed by atoms with Crippen LogP contribution in [0.4, 0.5) is 5.69 Å². The van der Waals surface area contributed by atoms with Gasteiger partial charge >= 0.3 is 0 Å². The van der Waals surface area contributed by atoms with E-state index in [1.165, 1.54) is 0 Å². The zero-order valence-corrected chi connectivity index (χ0v) is 10.1. The number of benzene rings is 1. The van der Waals surface area contributed by atoms with Crippen LogP contribution in [0.5, 0.6) is 5.75 Å². The second kappa shape index (κ2) is 5.06. The van der Waals surface area contributed by atoms with Gasteiger partial charge in [-0.3, -0.25) is 0 Å². The van der Waals surface area contributed by atoms with Crippen LogP contribution in [0.3, 0.4) is 0 Å². The van der Waals surface area contributed by atoms with Crippen LogP contribution >= 0.6 is 0 Å². The number of anilines is 1. The smallest absolute Gasteiger partial charge is 0.124 e. The molecule has 0 heterocycles. The van der Waals surface area contributed by atoms with Gasteiger partial charge in [-0.15, -0.1) is 0 Å². The molecule has 2 heteroatoms. The van der Waals surface area contributed by atoms with E-state index in [-0.39, 0.29) is 6.10 Å². The molecule has 0 aliphatic heterocycles. The summed E-state index contributed by atoms with van der Waals surface area (Å²) in [6, 6.07) is 4.00. The van der Waals surface area contributed by atoms with Gasteiger partial charge in [0.05, 0.1) is 6.10 Å². The molecule has 0 aromatic heterocycles. The second-order valence-corrected chi connectivity index (χ2v) is 4.19. The lowest BCUT2D eigenvalue weighted by molar-refractivity contribution is 0.208. The first kappa shape index (κ1) is 11.9. The van der Waals surface area contributed by atoms with Crippen molar-refractivity contribution in [1.82, 2.24) is 0 Å². The monoisotopic (exact) mass is 207 g/mol. The van der Waals surface area contributed by atoms with Crippen molar-refractivity contribution < 1.29 is 4.74 Å². The fourth-order valence-corrected chi connectivity index (χ4v) is 1.66. The van der Waals surface area contributed by atoms with Crippen molar-refractivity contribution in [3.8, 4) is 5.75 Å². The van der Waals surface area contributed by atoms with Gasteiger partial charge in [0.15, 0.2) is 0 Å². The van der Waals surface area contributed by atoms with Crippen molar-refractivity contribution in [2.24, 2.45) is 0 Å². The molecule has 1 unspecified atom stereocenters. The van der Waals surface area contributed by atoms with Crippen molar-refractivity contribution in [1.29, 1.82) is 0 Å². The molecule has 1 atom stereocenters. The summed E-state index contributed by atoms with van der Waals surface area (Å²) in [5, 5.41) is 0. The number of hydrogen-bond acceptors (Lipinski definition) is 2. The molecule has 0 spiro atoms. The Morgan fingerprint density at radius 2 is 1.93 bits per heavy atom. The van der Waals surface area contributed by atoms with Crippen LogP contribution in [0.25, 0.3) is 0 Å². The van der Waals surface area contributed by atoms with Crippen LogP contribution < -0.4 is 10.5 Å². The van der Waals surface area contributed by atoms with E-state index in [9.17, 15) is 0 Å². The Balaban J connectivity index is 2.81. The molecule has 15 heavy (non-hydrogen) atoms. The van der Waals surface area contributed by atoms with Gasteiger partial charge in [0, 0.05) is 11.8 Å². The Hall–Kier alpha value is -1.18. The summed E-state index contributed by atoms with van der Waals surface area (Å²) in [4.78, 5) is 0. The first-order valence-electron chi connectivity index (χ1n) is 5.58. The Labute approximate surface area is 92.4 Å². The molecule has 0 radical (unpaired) electrons. The molecular formula is C13H21NO. The van der Waals surface area contributed by atoms with Gasteiger partial charge in [0.25, 0.3) is 0 Å². The zero-order valence-electron chi connectivity index (χ0n) is 10.1. The van der Waals surface area contributed by atoms with Crippen LogP contribution in [0.1, 0.15) is 37.8 Å². The second-order valence-electron chi connectivity index (χ2n) is 4.19. The van der Waals surface area contributed by atoms with Gasteiger partial charge in [-0.05, 0) is 38.3 Å². The third-order valence-corrected chi connectivity index (χ3v) is 2.59. The standard InChI is InChI=1S/C13H21NO/c1-5-6-11(4)15-13-8-12(14)9(2)7-10(13)3/h7-8,11H,5-6,14H2,1-4H3. The van der Waals surface area contributed by atoms with Gasteiger partial charge in [0.1, 0.15) is 5.75 Å². The highest BCUT2D eigenvalue weighted by Gasteiger charge is 2.07. The summed E-state index contributed by atoms with van der Waals surface area (Å²) < 4.78 is 5.84. The van der Waals surface area contributed by atoms with Crippen LogP contribution in [0.2, 0.25) is 0 Å². The minimum atomic E-state index is 0.260. The third-order valence-electron chi connectivity index (χ3n) is 2.59. The van der Waals surface area contributed by atoms with Crippen molar-refractivity contribution >= 4 is 5.69 Å². The minimum Gasteiger partial charge on any atom is -0.490 e. The Bertz CT molecular complexity index is 334. The molecule has 84 valence electrons. The van der Waals surface area contributed by atoms with Crippen LogP contribution in [0.15, 0.2) is 12.1 Å². The lowest BCUT2D eigenvalue weighted by atomic mass is 10.1. The predicted molar refractivity (Wildman–Crippen MR) is 65.3 cm³/mol. The number of aryl methyl sites for hydroxylation is 2. The Kier molecular flexibility index (Phi) is 4.01. The van der Waals surface area contributed by atoms with Gasteiger partial charge in [-0.25, -0.2) is 0 Å². The first-order chi connectivity index (χ1) is 7.04. The quantitative estimate of drug-likeness (QED) is 0.767. The fourth-order valence-electron chi connectivity index (χ4n) is 1.66. The number of rotatable bonds is 4. The predicted octanol–water partition coefficient (Wildman–Crippen LogP) is 3.45.